The molecule has 2 heterocycles. The number of rotatable bonds is 3. The predicted octanol–water partition coefficient (Wildman–Crippen LogP) is 1.90. The van der Waals surface area contributed by atoms with Crippen molar-refractivity contribution in [3.05, 3.63) is 22.4 Å². The van der Waals surface area contributed by atoms with Crippen LogP contribution in [0, 0.1) is 5.92 Å². The number of hydrogen-bond acceptors (Lipinski definition) is 4. The molecule has 0 aliphatic carbocycles. The van der Waals surface area contributed by atoms with E-state index in [1.165, 1.54) is 11.3 Å². The molecule has 100 valence electrons. The summed E-state index contributed by atoms with van der Waals surface area (Å²) in [6, 6.07) is 3.59. The number of carbonyl (C=O) groups is 1. The van der Waals surface area contributed by atoms with Gasteiger partial charge < -0.3 is 4.90 Å². The van der Waals surface area contributed by atoms with Crippen LogP contribution in [0.4, 0.5) is 3.89 Å². The molecule has 1 amide bonds. The summed E-state index contributed by atoms with van der Waals surface area (Å²) in [5.41, 5.74) is 0. The predicted molar refractivity (Wildman–Crippen MR) is 67.8 cm³/mol. The monoisotopic (exact) mass is 291 g/mol. The Morgan fingerprint density at radius 1 is 1.44 bits per heavy atom. The van der Waals surface area contributed by atoms with Gasteiger partial charge in [-0.2, -0.15) is 8.42 Å². The van der Waals surface area contributed by atoms with E-state index in [0.29, 0.717) is 30.8 Å². The van der Waals surface area contributed by atoms with Crippen LogP contribution in [0.3, 0.4) is 0 Å². The van der Waals surface area contributed by atoms with Gasteiger partial charge in [-0.3, -0.25) is 4.79 Å². The van der Waals surface area contributed by atoms with Crippen molar-refractivity contribution < 1.29 is 17.1 Å². The van der Waals surface area contributed by atoms with E-state index in [2.05, 4.69) is 0 Å². The summed E-state index contributed by atoms with van der Waals surface area (Å²) in [5, 5.41) is 1.84. The molecule has 1 aromatic rings. The highest BCUT2D eigenvalue weighted by Gasteiger charge is 2.27. The fourth-order valence-corrected chi connectivity index (χ4v) is 3.73. The minimum Gasteiger partial charge on any atom is -0.338 e. The summed E-state index contributed by atoms with van der Waals surface area (Å²) < 4.78 is 33.7. The molecule has 1 aromatic heterocycles. The van der Waals surface area contributed by atoms with Crippen molar-refractivity contribution in [3.8, 4) is 0 Å². The maximum Gasteiger partial charge on any atom is 0.302 e. The third-order valence-corrected chi connectivity index (χ3v) is 4.80. The van der Waals surface area contributed by atoms with E-state index in [1.807, 2.05) is 11.4 Å². The topological polar surface area (TPSA) is 54.5 Å². The fourth-order valence-electron chi connectivity index (χ4n) is 2.14. The maximum absolute atomic E-state index is 12.5. The molecular formula is C11H14FNO3S2. The Bertz CT molecular complexity index is 504. The number of nitrogens with zero attached hydrogens (tertiary/aromatic N) is 1. The van der Waals surface area contributed by atoms with Crippen LogP contribution in [-0.4, -0.2) is 38.1 Å². The Labute approximate surface area is 110 Å². The van der Waals surface area contributed by atoms with Gasteiger partial charge in [0.25, 0.3) is 5.91 Å². The normalized spacial score (nSPS) is 17.9. The van der Waals surface area contributed by atoms with E-state index in [9.17, 15) is 17.1 Å². The summed E-state index contributed by atoms with van der Waals surface area (Å²) in [4.78, 5) is 14.4. The first-order valence-electron chi connectivity index (χ1n) is 5.71. The summed E-state index contributed by atoms with van der Waals surface area (Å²) >= 11 is 1.39. The summed E-state index contributed by atoms with van der Waals surface area (Å²) in [5.74, 6) is -0.618. The summed E-state index contributed by atoms with van der Waals surface area (Å²) in [6.07, 6.45) is 1.08. The van der Waals surface area contributed by atoms with Crippen molar-refractivity contribution >= 4 is 27.5 Å². The van der Waals surface area contributed by atoms with Gasteiger partial charge in [-0.15, -0.1) is 15.2 Å². The molecule has 0 unspecified atom stereocenters. The zero-order chi connectivity index (χ0) is 13.2. The second-order valence-corrected chi connectivity index (χ2v) is 6.78. The highest BCUT2D eigenvalue weighted by atomic mass is 32.3. The molecule has 0 N–H and O–H groups in total. The van der Waals surface area contributed by atoms with E-state index in [0.717, 1.165) is 0 Å². The highest BCUT2D eigenvalue weighted by Crippen LogP contribution is 2.22. The average Bonchev–Trinajstić information content (AvgIpc) is 2.80. The average molecular weight is 291 g/mol. The third kappa shape index (κ3) is 3.52. The van der Waals surface area contributed by atoms with Gasteiger partial charge in [0, 0.05) is 13.1 Å². The van der Waals surface area contributed by atoms with Gasteiger partial charge in [0.05, 0.1) is 10.6 Å². The first-order valence-corrected chi connectivity index (χ1v) is 8.14. The number of hydrogen-bond donors (Lipinski definition) is 0. The Morgan fingerprint density at radius 2 is 2.11 bits per heavy atom. The number of piperidine rings is 1. The number of halogens is 1. The van der Waals surface area contributed by atoms with Gasteiger partial charge >= 0.3 is 10.2 Å². The summed E-state index contributed by atoms with van der Waals surface area (Å²) in [7, 11) is -4.41. The molecule has 2 rings (SSSR count). The van der Waals surface area contributed by atoms with Crippen LogP contribution < -0.4 is 0 Å². The van der Waals surface area contributed by atoms with Crippen molar-refractivity contribution in [2.24, 2.45) is 5.92 Å². The molecule has 0 spiro atoms. The third-order valence-electron chi connectivity index (χ3n) is 3.07. The maximum atomic E-state index is 12.5. The molecule has 0 atom stereocenters. The molecule has 1 aliphatic rings. The Balaban J connectivity index is 1.89. The SMILES string of the molecule is O=C(c1cccs1)N1CCC(CS(=O)(=O)F)CC1. The largest absolute Gasteiger partial charge is 0.338 e. The van der Waals surface area contributed by atoms with Crippen molar-refractivity contribution in [1.82, 2.24) is 4.90 Å². The molecule has 0 bridgehead atoms. The molecule has 1 fully saturated rings. The lowest BCUT2D eigenvalue weighted by molar-refractivity contribution is 0.0703. The minimum atomic E-state index is -4.41. The molecule has 1 aliphatic heterocycles. The lowest BCUT2D eigenvalue weighted by Crippen LogP contribution is -2.39. The number of carbonyl (C=O) groups excluding carboxylic acids is 1. The van der Waals surface area contributed by atoms with Crippen molar-refractivity contribution in [1.29, 1.82) is 0 Å². The molecule has 0 saturated carbocycles. The van der Waals surface area contributed by atoms with Crippen LogP contribution in [0.1, 0.15) is 22.5 Å². The molecule has 0 aromatic carbocycles. The molecule has 0 radical (unpaired) electrons. The lowest BCUT2D eigenvalue weighted by atomic mass is 9.99. The van der Waals surface area contributed by atoms with Gasteiger partial charge in [-0.1, -0.05) is 6.07 Å². The van der Waals surface area contributed by atoms with Crippen molar-refractivity contribution in [2.45, 2.75) is 12.8 Å². The first-order chi connectivity index (χ1) is 8.46. The Hall–Kier alpha value is -0.950. The van der Waals surface area contributed by atoms with Gasteiger partial charge in [-0.05, 0) is 30.2 Å². The van der Waals surface area contributed by atoms with E-state index in [1.54, 1.807) is 11.0 Å². The smallest absolute Gasteiger partial charge is 0.302 e. The number of thiophene rings is 1. The standard InChI is InChI=1S/C11H14FNO3S2/c12-18(15,16)8-9-3-5-13(6-4-9)11(14)10-2-1-7-17-10/h1-2,7,9H,3-6,8H2. The number of likely N-dealkylation sites (tertiary alicyclic amines) is 1. The van der Waals surface area contributed by atoms with Gasteiger partial charge in [0.15, 0.2) is 0 Å². The number of amides is 1. The van der Waals surface area contributed by atoms with Crippen molar-refractivity contribution in [2.75, 3.05) is 18.8 Å². The fraction of sp³-hybridized carbons (Fsp3) is 0.545. The van der Waals surface area contributed by atoms with Crippen LogP contribution in [-0.2, 0) is 10.2 Å². The molecule has 7 heteroatoms. The molecule has 4 nitrogen and oxygen atoms in total. The van der Waals surface area contributed by atoms with Crippen LogP contribution in [0.15, 0.2) is 17.5 Å². The Kier molecular flexibility index (Phi) is 4.01. The van der Waals surface area contributed by atoms with E-state index in [4.69, 9.17) is 0 Å². The molecule has 18 heavy (non-hydrogen) atoms. The van der Waals surface area contributed by atoms with Gasteiger partial charge in [-0.25, -0.2) is 0 Å². The van der Waals surface area contributed by atoms with E-state index < -0.39 is 16.0 Å². The Morgan fingerprint density at radius 3 is 2.61 bits per heavy atom. The zero-order valence-electron chi connectivity index (χ0n) is 9.71. The zero-order valence-corrected chi connectivity index (χ0v) is 11.3. The van der Waals surface area contributed by atoms with E-state index >= 15 is 0 Å². The lowest BCUT2D eigenvalue weighted by Gasteiger charge is -2.31. The highest BCUT2D eigenvalue weighted by molar-refractivity contribution is 7.86. The minimum absolute atomic E-state index is 0.0217. The summed E-state index contributed by atoms with van der Waals surface area (Å²) in [6.45, 7) is 0.994. The van der Waals surface area contributed by atoms with Crippen molar-refractivity contribution in [3.63, 3.8) is 0 Å². The molecule has 1 saturated heterocycles. The van der Waals surface area contributed by atoms with Gasteiger partial charge in [0.1, 0.15) is 0 Å². The van der Waals surface area contributed by atoms with Crippen LogP contribution in [0.2, 0.25) is 0 Å². The quantitative estimate of drug-likeness (QED) is 0.799. The first kappa shape index (κ1) is 13.5. The van der Waals surface area contributed by atoms with E-state index in [-0.39, 0.29) is 11.8 Å². The van der Waals surface area contributed by atoms with Crippen LogP contribution in [0.25, 0.3) is 0 Å². The molecular weight excluding hydrogens is 277 g/mol. The second-order valence-electron chi connectivity index (χ2n) is 4.42. The van der Waals surface area contributed by atoms with Crippen LogP contribution >= 0.6 is 11.3 Å². The van der Waals surface area contributed by atoms with Crippen LogP contribution in [0.5, 0.6) is 0 Å². The second kappa shape index (κ2) is 5.36. The van der Waals surface area contributed by atoms with Gasteiger partial charge in [0.2, 0.25) is 0 Å².